The Bertz CT molecular complexity index is 196. The van der Waals surface area contributed by atoms with E-state index in [1.54, 1.807) is 0 Å². The van der Waals surface area contributed by atoms with Gasteiger partial charge in [0.2, 0.25) is 0 Å². The van der Waals surface area contributed by atoms with Gasteiger partial charge in [-0.05, 0) is 26.3 Å². The van der Waals surface area contributed by atoms with Crippen molar-refractivity contribution in [3.8, 4) is 0 Å². The molecule has 1 rings (SSSR count). The van der Waals surface area contributed by atoms with E-state index in [1.165, 1.54) is 13.5 Å². The monoisotopic (exact) mass is 215 g/mol. The van der Waals surface area contributed by atoms with Gasteiger partial charge in [0, 0.05) is 13.2 Å². The number of hydrogen-bond donors (Lipinski definition) is 0. The summed E-state index contributed by atoms with van der Waals surface area (Å²) in [6, 6.07) is -0.0517. The summed E-state index contributed by atoms with van der Waals surface area (Å²) in [6.07, 6.45) is 3.20. The number of carbonyl (C=O) groups is 1. The Hall–Kier alpha value is -0.610. The number of hydrogen-bond acceptors (Lipinski definition) is 4. The average Bonchev–Trinajstić information content (AvgIpc) is 2.29. The summed E-state index contributed by atoms with van der Waals surface area (Å²) in [7, 11) is 1.46. The number of likely N-dealkylation sites (tertiary alicyclic amines) is 1. The molecule has 0 amide bonds. The van der Waals surface area contributed by atoms with Crippen LogP contribution in [0.25, 0.3) is 0 Å². The van der Waals surface area contributed by atoms with Crippen LogP contribution in [-0.4, -0.2) is 50.3 Å². The highest BCUT2D eigenvalue weighted by Crippen LogP contribution is 2.17. The van der Waals surface area contributed by atoms with Crippen LogP contribution in [0.2, 0.25) is 0 Å². The van der Waals surface area contributed by atoms with Crippen molar-refractivity contribution in [3.05, 3.63) is 0 Å². The quantitative estimate of drug-likeness (QED) is 0.507. The minimum absolute atomic E-state index is 0.0517. The van der Waals surface area contributed by atoms with Crippen molar-refractivity contribution >= 4 is 5.97 Å². The molecule has 0 aromatic heterocycles. The number of methoxy groups -OCH3 is 1. The summed E-state index contributed by atoms with van der Waals surface area (Å²) in [4.78, 5) is 13.7. The van der Waals surface area contributed by atoms with E-state index in [0.717, 1.165) is 32.5 Å². The lowest BCUT2D eigenvalue weighted by Crippen LogP contribution is -2.46. The number of esters is 1. The van der Waals surface area contributed by atoms with Crippen molar-refractivity contribution in [2.75, 3.05) is 33.4 Å². The van der Waals surface area contributed by atoms with E-state index >= 15 is 0 Å². The smallest absolute Gasteiger partial charge is 0.323 e. The van der Waals surface area contributed by atoms with E-state index in [9.17, 15) is 4.79 Å². The summed E-state index contributed by atoms with van der Waals surface area (Å²) >= 11 is 0. The van der Waals surface area contributed by atoms with E-state index in [0.29, 0.717) is 6.61 Å². The zero-order valence-electron chi connectivity index (χ0n) is 9.70. The van der Waals surface area contributed by atoms with Crippen molar-refractivity contribution in [2.45, 2.75) is 32.2 Å². The zero-order chi connectivity index (χ0) is 11.1. The predicted molar refractivity (Wildman–Crippen MR) is 57.7 cm³/mol. The SMILES string of the molecule is CCOCCN1CCCCC1C(=O)OC. The standard InChI is InChI=1S/C11H21NO3/c1-3-15-9-8-12-7-5-4-6-10(12)11(13)14-2/h10H,3-9H2,1-2H3. The van der Waals surface area contributed by atoms with E-state index in [1.807, 2.05) is 6.92 Å². The largest absolute Gasteiger partial charge is 0.468 e. The number of rotatable bonds is 5. The van der Waals surface area contributed by atoms with Crippen LogP contribution in [0.1, 0.15) is 26.2 Å². The molecule has 1 saturated heterocycles. The van der Waals surface area contributed by atoms with Gasteiger partial charge in [-0.2, -0.15) is 0 Å². The minimum Gasteiger partial charge on any atom is -0.468 e. The Morgan fingerprint density at radius 2 is 2.27 bits per heavy atom. The first-order valence-corrected chi connectivity index (χ1v) is 5.69. The average molecular weight is 215 g/mol. The molecular weight excluding hydrogens is 194 g/mol. The van der Waals surface area contributed by atoms with Crippen LogP contribution < -0.4 is 0 Å². The summed E-state index contributed by atoms with van der Waals surface area (Å²) < 4.78 is 10.1. The molecule has 1 unspecified atom stereocenters. The molecule has 88 valence electrons. The number of nitrogens with zero attached hydrogens (tertiary/aromatic N) is 1. The molecule has 4 nitrogen and oxygen atoms in total. The molecule has 4 heteroatoms. The second-order valence-corrected chi connectivity index (χ2v) is 3.77. The lowest BCUT2D eigenvalue weighted by molar-refractivity contribution is -0.148. The normalized spacial score (nSPS) is 22.7. The van der Waals surface area contributed by atoms with Gasteiger partial charge in [-0.3, -0.25) is 9.69 Å². The van der Waals surface area contributed by atoms with E-state index in [2.05, 4.69) is 4.90 Å². The van der Waals surface area contributed by atoms with E-state index < -0.39 is 0 Å². The van der Waals surface area contributed by atoms with Gasteiger partial charge in [0.1, 0.15) is 6.04 Å². The Morgan fingerprint density at radius 1 is 1.47 bits per heavy atom. The van der Waals surface area contributed by atoms with Crippen LogP contribution in [0.5, 0.6) is 0 Å². The molecule has 0 aromatic rings. The molecule has 1 fully saturated rings. The third kappa shape index (κ3) is 3.80. The molecule has 0 radical (unpaired) electrons. The highest BCUT2D eigenvalue weighted by atomic mass is 16.5. The summed E-state index contributed by atoms with van der Waals surface area (Å²) in [5.41, 5.74) is 0. The van der Waals surface area contributed by atoms with E-state index in [-0.39, 0.29) is 12.0 Å². The lowest BCUT2D eigenvalue weighted by Gasteiger charge is -2.33. The first kappa shape index (κ1) is 12.5. The highest BCUT2D eigenvalue weighted by molar-refractivity contribution is 5.75. The Morgan fingerprint density at radius 3 is 2.93 bits per heavy atom. The van der Waals surface area contributed by atoms with Gasteiger partial charge < -0.3 is 9.47 Å². The Labute approximate surface area is 91.5 Å². The highest BCUT2D eigenvalue weighted by Gasteiger charge is 2.28. The molecule has 1 aliphatic rings. The van der Waals surface area contributed by atoms with Crippen LogP contribution in [0.4, 0.5) is 0 Å². The fourth-order valence-electron chi connectivity index (χ4n) is 1.99. The van der Waals surface area contributed by atoms with Gasteiger partial charge in [0.25, 0.3) is 0 Å². The van der Waals surface area contributed by atoms with Gasteiger partial charge in [0.15, 0.2) is 0 Å². The van der Waals surface area contributed by atoms with Gasteiger partial charge in [0.05, 0.1) is 13.7 Å². The van der Waals surface area contributed by atoms with Gasteiger partial charge in [-0.1, -0.05) is 6.42 Å². The van der Waals surface area contributed by atoms with Crippen molar-refractivity contribution < 1.29 is 14.3 Å². The molecule has 0 saturated carbocycles. The molecule has 0 N–H and O–H groups in total. The van der Waals surface area contributed by atoms with Crippen molar-refractivity contribution in [1.29, 1.82) is 0 Å². The first-order chi connectivity index (χ1) is 7.29. The predicted octanol–water partition coefficient (Wildman–Crippen LogP) is 1.05. The van der Waals surface area contributed by atoms with Crippen LogP contribution in [0.15, 0.2) is 0 Å². The van der Waals surface area contributed by atoms with Gasteiger partial charge >= 0.3 is 5.97 Å². The topological polar surface area (TPSA) is 38.8 Å². The maximum absolute atomic E-state index is 11.5. The second kappa shape index (κ2) is 6.80. The molecule has 1 aliphatic heterocycles. The third-order valence-corrected chi connectivity index (χ3v) is 2.81. The second-order valence-electron chi connectivity index (χ2n) is 3.77. The molecule has 0 bridgehead atoms. The molecule has 0 spiro atoms. The zero-order valence-corrected chi connectivity index (χ0v) is 9.70. The maximum atomic E-state index is 11.5. The molecule has 1 atom stereocenters. The van der Waals surface area contributed by atoms with Crippen molar-refractivity contribution in [3.63, 3.8) is 0 Å². The van der Waals surface area contributed by atoms with Crippen molar-refractivity contribution in [2.24, 2.45) is 0 Å². The number of ether oxygens (including phenoxy) is 2. The van der Waals surface area contributed by atoms with Gasteiger partial charge in [-0.25, -0.2) is 0 Å². The molecule has 15 heavy (non-hydrogen) atoms. The third-order valence-electron chi connectivity index (χ3n) is 2.81. The van der Waals surface area contributed by atoms with Crippen molar-refractivity contribution in [1.82, 2.24) is 4.90 Å². The molecule has 0 aliphatic carbocycles. The van der Waals surface area contributed by atoms with Crippen LogP contribution in [0, 0.1) is 0 Å². The minimum atomic E-state index is -0.105. The summed E-state index contributed by atoms with van der Waals surface area (Å²) in [5, 5.41) is 0. The van der Waals surface area contributed by atoms with E-state index in [4.69, 9.17) is 9.47 Å². The Balaban J connectivity index is 2.39. The number of piperidine rings is 1. The Kier molecular flexibility index (Phi) is 5.65. The fraction of sp³-hybridized carbons (Fsp3) is 0.909. The fourth-order valence-corrected chi connectivity index (χ4v) is 1.99. The van der Waals surface area contributed by atoms with Gasteiger partial charge in [-0.15, -0.1) is 0 Å². The van der Waals surface area contributed by atoms with Crippen LogP contribution in [0.3, 0.4) is 0 Å². The molecule has 1 heterocycles. The lowest BCUT2D eigenvalue weighted by atomic mass is 10.0. The summed E-state index contributed by atoms with van der Waals surface area (Å²) in [6.45, 7) is 5.22. The van der Waals surface area contributed by atoms with Crippen LogP contribution in [-0.2, 0) is 14.3 Å². The first-order valence-electron chi connectivity index (χ1n) is 5.69. The van der Waals surface area contributed by atoms with Crippen LogP contribution >= 0.6 is 0 Å². The molecule has 0 aromatic carbocycles. The molecular formula is C11H21NO3. The number of carbonyl (C=O) groups excluding carboxylic acids is 1. The maximum Gasteiger partial charge on any atom is 0.323 e. The summed E-state index contributed by atoms with van der Waals surface area (Å²) in [5.74, 6) is -0.105.